The molecule has 0 aliphatic carbocycles. The van der Waals surface area contributed by atoms with Crippen molar-refractivity contribution in [2.75, 3.05) is 23.7 Å². The van der Waals surface area contributed by atoms with Gasteiger partial charge in [0, 0.05) is 12.1 Å². The van der Waals surface area contributed by atoms with Gasteiger partial charge in [0.25, 0.3) is 0 Å². The maximum atomic E-state index is 12.1. The van der Waals surface area contributed by atoms with Crippen molar-refractivity contribution in [1.29, 1.82) is 0 Å². The van der Waals surface area contributed by atoms with Gasteiger partial charge in [0.1, 0.15) is 6.04 Å². The molecule has 0 saturated heterocycles. The van der Waals surface area contributed by atoms with Crippen LogP contribution in [0.4, 0.5) is 11.4 Å². The molecule has 21 heavy (non-hydrogen) atoms. The summed E-state index contributed by atoms with van der Waals surface area (Å²) in [6.07, 6.45) is 0. The van der Waals surface area contributed by atoms with E-state index in [4.69, 9.17) is 0 Å². The van der Waals surface area contributed by atoms with E-state index >= 15 is 0 Å². The molecule has 6 heteroatoms. The Morgan fingerprint density at radius 3 is 2.57 bits per heavy atom. The van der Waals surface area contributed by atoms with Gasteiger partial charge in [0.2, 0.25) is 11.8 Å². The van der Waals surface area contributed by atoms with E-state index in [1.54, 1.807) is 0 Å². The standard InChI is InChI=1S/C15H22N4O2/c1-15(2,3)19-13(20)9-17-14(21)12-8-16-10-6-4-5-7-11(10)18-12/h4-7,12,16,18H,8-9H2,1-3H3,(H,17,21)(H,19,20). The number of fused-ring (bicyclic) bond motifs is 1. The van der Waals surface area contributed by atoms with Crippen LogP contribution in [0.1, 0.15) is 20.8 Å². The molecular formula is C15H22N4O2. The van der Waals surface area contributed by atoms with Gasteiger partial charge in [-0.15, -0.1) is 0 Å². The number of carbonyl (C=O) groups is 2. The molecule has 1 unspecified atom stereocenters. The summed E-state index contributed by atoms with van der Waals surface area (Å²) >= 11 is 0. The fourth-order valence-corrected chi connectivity index (χ4v) is 2.13. The summed E-state index contributed by atoms with van der Waals surface area (Å²) < 4.78 is 0. The number of hydrogen-bond acceptors (Lipinski definition) is 4. The molecule has 1 atom stereocenters. The molecule has 6 nitrogen and oxygen atoms in total. The van der Waals surface area contributed by atoms with Crippen LogP contribution in [0.2, 0.25) is 0 Å². The first-order chi connectivity index (χ1) is 9.85. The lowest BCUT2D eigenvalue weighted by molar-refractivity contribution is -0.127. The van der Waals surface area contributed by atoms with E-state index in [0.29, 0.717) is 6.54 Å². The highest BCUT2D eigenvalue weighted by atomic mass is 16.2. The number of para-hydroxylation sites is 2. The maximum absolute atomic E-state index is 12.1. The average molecular weight is 290 g/mol. The summed E-state index contributed by atoms with van der Waals surface area (Å²) in [5.74, 6) is -0.388. The summed E-state index contributed by atoms with van der Waals surface area (Å²) in [5.41, 5.74) is 1.57. The molecule has 2 amide bonds. The summed E-state index contributed by atoms with van der Waals surface area (Å²) in [6, 6.07) is 7.32. The fourth-order valence-electron chi connectivity index (χ4n) is 2.13. The first kappa shape index (κ1) is 15.2. The highest BCUT2D eigenvalue weighted by Crippen LogP contribution is 2.24. The first-order valence-corrected chi connectivity index (χ1v) is 7.03. The predicted octanol–water partition coefficient (Wildman–Crippen LogP) is 0.923. The Morgan fingerprint density at radius 2 is 1.90 bits per heavy atom. The maximum Gasteiger partial charge on any atom is 0.244 e. The summed E-state index contributed by atoms with van der Waals surface area (Å²) in [5, 5.41) is 11.8. The zero-order valence-corrected chi connectivity index (χ0v) is 12.6. The SMILES string of the molecule is CC(C)(C)NC(=O)CNC(=O)C1CNc2ccccc2N1. The minimum Gasteiger partial charge on any atom is -0.381 e. The van der Waals surface area contributed by atoms with Crippen LogP contribution in [0, 0.1) is 0 Å². The van der Waals surface area contributed by atoms with Crippen LogP contribution >= 0.6 is 0 Å². The van der Waals surface area contributed by atoms with Gasteiger partial charge in [-0.05, 0) is 32.9 Å². The van der Waals surface area contributed by atoms with Crippen LogP contribution in [0.25, 0.3) is 0 Å². The van der Waals surface area contributed by atoms with Gasteiger partial charge in [0.15, 0.2) is 0 Å². The molecule has 2 rings (SSSR count). The lowest BCUT2D eigenvalue weighted by Crippen LogP contribution is -2.50. The number of amides is 2. The Balaban J connectivity index is 1.84. The number of nitrogens with one attached hydrogen (secondary N) is 4. The molecule has 114 valence electrons. The number of rotatable bonds is 3. The molecule has 1 aromatic carbocycles. The van der Waals surface area contributed by atoms with Crippen molar-refractivity contribution in [2.45, 2.75) is 32.4 Å². The zero-order chi connectivity index (χ0) is 15.5. The van der Waals surface area contributed by atoms with Crippen molar-refractivity contribution in [3.63, 3.8) is 0 Å². The van der Waals surface area contributed by atoms with Crippen LogP contribution in [-0.2, 0) is 9.59 Å². The monoisotopic (exact) mass is 290 g/mol. The van der Waals surface area contributed by atoms with E-state index in [-0.39, 0.29) is 29.9 Å². The normalized spacial score (nSPS) is 17.0. The Morgan fingerprint density at radius 1 is 1.24 bits per heavy atom. The summed E-state index contributed by atoms with van der Waals surface area (Å²) in [6.45, 7) is 6.17. The van der Waals surface area contributed by atoms with Gasteiger partial charge < -0.3 is 21.3 Å². The molecule has 0 fully saturated rings. The molecule has 1 aliphatic rings. The minimum absolute atomic E-state index is 0.0179. The highest BCUT2D eigenvalue weighted by Gasteiger charge is 2.24. The smallest absolute Gasteiger partial charge is 0.244 e. The molecule has 1 aromatic rings. The predicted molar refractivity (Wildman–Crippen MR) is 83.2 cm³/mol. The molecule has 1 aliphatic heterocycles. The van der Waals surface area contributed by atoms with Gasteiger partial charge in [-0.1, -0.05) is 12.1 Å². The van der Waals surface area contributed by atoms with Gasteiger partial charge in [0.05, 0.1) is 17.9 Å². The third-order valence-corrected chi connectivity index (χ3v) is 3.01. The number of carbonyl (C=O) groups excluding carboxylic acids is 2. The molecule has 4 N–H and O–H groups in total. The van der Waals surface area contributed by atoms with E-state index in [1.807, 2.05) is 45.0 Å². The van der Waals surface area contributed by atoms with Crippen LogP contribution in [-0.4, -0.2) is 36.5 Å². The second kappa shape index (κ2) is 6.03. The van der Waals surface area contributed by atoms with Crippen LogP contribution < -0.4 is 21.3 Å². The second-order valence-electron chi connectivity index (χ2n) is 6.14. The van der Waals surface area contributed by atoms with E-state index in [9.17, 15) is 9.59 Å². The van der Waals surface area contributed by atoms with Gasteiger partial charge in [-0.2, -0.15) is 0 Å². The minimum atomic E-state index is -0.387. The van der Waals surface area contributed by atoms with Crippen molar-refractivity contribution >= 4 is 23.2 Å². The Bertz CT molecular complexity index is 537. The van der Waals surface area contributed by atoms with Crippen LogP contribution in [0.3, 0.4) is 0 Å². The van der Waals surface area contributed by atoms with E-state index in [2.05, 4.69) is 21.3 Å². The molecule has 0 aromatic heterocycles. The molecule has 0 bridgehead atoms. The van der Waals surface area contributed by atoms with Gasteiger partial charge >= 0.3 is 0 Å². The third-order valence-electron chi connectivity index (χ3n) is 3.01. The van der Waals surface area contributed by atoms with Crippen LogP contribution in [0.5, 0.6) is 0 Å². The van der Waals surface area contributed by atoms with Crippen molar-refractivity contribution in [2.24, 2.45) is 0 Å². The largest absolute Gasteiger partial charge is 0.381 e. The van der Waals surface area contributed by atoms with Crippen molar-refractivity contribution in [3.05, 3.63) is 24.3 Å². The van der Waals surface area contributed by atoms with E-state index < -0.39 is 0 Å². The molecule has 1 heterocycles. The molecule has 0 radical (unpaired) electrons. The lowest BCUT2D eigenvalue weighted by Gasteiger charge is -2.27. The second-order valence-corrected chi connectivity index (χ2v) is 6.14. The summed E-state index contributed by atoms with van der Waals surface area (Å²) in [7, 11) is 0. The Labute approximate surface area is 124 Å². The fraction of sp³-hybridized carbons (Fsp3) is 0.467. The van der Waals surface area contributed by atoms with Gasteiger partial charge in [-0.25, -0.2) is 0 Å². The van der Waals surface area contributed by atoms with E-state index in [1.165, 1.54) is 0 Å². The highest BCUT2D eigenvalue weighted by molar-refractivity contribution is 5.91. The zero-order valence-electron chi connectivity index (χ0n) is 12.6. The number of hydrogen-bond donors (Lipinski definition) is 4. The first-order valence-electron chi connectivity index (χ1n) is 7.03. The Hall–Kier alpha value is -2.24. The molecule has 0 saturated carbocycles. The van der Waals surface area contributed by atoms with Crippen LogP contribution in [0.15, 0.2) is 24.3 Å². The quantitative estimate of drug-likeness (QED) is 0.667. The number of anilines is 2. The van der Waals surface area contributed by atoms with Crippen molar-refractivity contribution < 1.29 is 9.59 Å². The average Bonchev–Trinajstić information content (AvgIpc) is 2.42. The lowest BCUT2D eigenvalue weighted by atomic mass is 10.1. The third kappa shape index (κ3) is 4.37. The van der Waals surface area contributed by atoms with E-state index in [0.717, 1.165) is 11.4 Å². The Kier molecular flexibility index (Phi) is 4.35. The van der Waals surface area contributed by atoms with Crippen molar-refractivity contribution in [3.8, 4) is 0 Å². The summed E-state index contributed by atoms with van der Waals surface area (Å²) in [4.78, 5) is 23.8. The number of benzene rings is 1. The van der Waals surface area contributed by atoms with Gasteiger partial charge in [-0.3, -0.25) is 9.59 Å². The van der Waals surface area contributed by atoms with Crippen molar-refractivity contribution in [1.82, 2.24) is 10.6 Å². The molecular weight excluding hydrogens is 268 g/mol. The topological polar surface area (TPSA) is 82.3 Å². The molecule has 0 spiro atoms.